The zero-order valence-corrected chi connectivity index (χ0v) is 15.3. The van der Waals surface area contributed by atoms with E-state index in [2.05, 4.69) is 4.72 Å². The highest BCUT2D eigenvalue weighted by Crippen LogP contribution is 2.31. The molecular formula is C16H20FN3O5S. The Hall–Kier alpha value is -2.20. The highest BCUT2D eigenvalue weighted by molar-refractivity contribution is 7.89. The van der Waals surface area contributed by atoms with Crippen LogP contribution in [0, 0.1) is 12.7 Å². The van der Waals surface area contributed by atoms with Gasteiger partial charge in [-0.25, -0.2) is 22.3 Å². The maximum Gasteiger partial charge on any atom is 0.410 e. The number of halogens is 1. The molecule has 2 amide bonds. The lowest BCUT2D eigenvalue weighted by Gasteiger charge is -2.21. The van der Waals surface area contributed by atoms with Crippen molar-refractivity contribution < 1.29 is 27.1 Å². The Kier molecular flexibility index (Phi) is 4.65. The molecular weight excluding hydrogens is 365 g/mol. The summed E-state index contributed by atoms with van der Waals surface area (Å²) in [6.07, 6.45) is 0.0883. The number of hydrogen-bond acceptors (Lipinski definition) is 5. The van der Waals surface area contributed by atoms with Gasteiger partial charge in [0.2, 0.25) is 15.9 Å². The predicted octanol–water partition coefficient (Wildman–Crippen LogP) is 0.466. The molecule has 26 heavy (non-hydrogen) atoms. The average Bonchev–Trinajstić information content (AvgIpc) is 3.10. The fraction of sp³-hybridized carbons (Fsp3) is 0.500. The maximum absolute atomic E-state index is 13.3. The van der Waals surface area contributed by atoms with Crippen LogP contribution in [0.2, 0.25) is 0 Å². The standard InChI is InChI=1S/C16H20FN3O5S/c1-11-7-12(3-4-13(11)17)26(23,24)18-8-14(21)20-6-5-16(10-20)9-19(2)15(22)25-16/h3-4,7,18H,5-6,8-10H2,1-2H3. The molecule has 1 unspecified atom stereocenters. The molecule has 2 aliphatic heterocycles. The van der Waals surface area contributed by atoms with Gasteiger partial charge in [0.05, 0.1) is 24.5 Å². The Bertz CT molecular complexity index is 859. The average molecular weight is 385 g/mol. The molecule has 1 atom stereocenters. The molecule has 142 valence electrons. The second-order valence-corrected chi connectivity index (χ2v) is 8.47. The van der Waals surface area contributed by atoms with Gasteiger partial charge < -0.3 is 14.5 Å². The fourth-order valence-electron chi connectivity index (χ4n) is 3.20. The van der Waals surface area contributed by atoms with Crippen LogP contribution in [-0.4, -0.2) is 69.0 Å². The Morgan fingerprint density at radius 1 is 1.38 bits per heavy atom. The van der Waals surface area contributed by atoms with Crippen LogP contribution in [0.15, 0.2) is 23.1 Å². The first-order valence-corrected chi connectivity index (χ1v) is 9.58. The van der Waals surface area contributed by atoms with Gasteiger partial charge in [0.25, 0.3) is 0 Å². The topological polar surface area (TPSA) is 96.0 Å². The van der Waals surface area contributed by atoms with Crippen molar-refractivity contribution >= 4 is 22.0 Å². The molecule has 1 aromatic rings. The van der Waals surface area contributed by atoms with Crippen molar-refractivity contribution in [3.05, 3.63) is 29.6 Å². The van der Waals surface area contributed by atoms with Crippen molar-refractivity contribution in [2.75, 3.05) is 33.2 Å². The minimum Gasteiger partial charge on any atom is -0.439 e. The Morgan fingerprint density at radius 3 is 2.73 bits per heavy atom. The second-order valence-electron chi connectivity index (χ2n) is 6.71. The monoisotopic (exact) mass is 385 g/mol. The van der Waals surface area contributed by atoms with E-state index in [0.717, 1.165) is 12.1 Å². The third-order valence-corrected chi connectivity index (χ3v) is 6.06. The number of hydrogen-bond donors (Lipinski definition) is 1. The Morgan fingerprint density at radius 2 is 2.12 bits per heavy atom. The van der Waals surface area contributed by atoms with Crippen LogP contribution in [0.3, 0.4) is 0 Å². The van der Waals surface area contributed by atoms with E-state index in [1.165, 1.54) is 22.8 Å². The third-order valence-electron chi connectivity index (χ3n) is 4.66. The summed E-state index contributed by atoms with van der Waals surface area (Å²) in [5.41, 5.74) is -0.512. The van der Waals surface area contributed by atoms with Gasteiger partial charge in [0, 0.05) is 20.0 Å². The SMILES string of the molecule is Cc1cc(S(=O)(=O)NCC(=O)N2CCC3(CN(C)C(=O)O3)C2)ccc1F. The molecule has 1 spiro atoms. The molecule has 2 heterocycles. The van der Waals surface area contributed by atoms with Crippen LogP contribution in [-0.2, 0) is 19.6 Å². The number of likely N-dealkylation sites (N-methyl/N-ethyl adjacent to an activating group) is 1. The van der Waals surface area contributed by atoms with E-state index < -0.39 is 40.0 Å². The number of aryl methyl sites for hydroxylation is 1. The molecule has 0 bridgehead atoms. The third kappa shape index (κ3) is 3.51. The molecule has 2 fully saturated rings. The highest BCUT2D eigenvalue weighted by atomic mass is 32.2. The number of rotatable bonds is 4. The lowest BCUT2D eigenvalue weighted by Crippen LogP contribution is -2.42. The van der Waals surface area contributed by atoms with E-state index in [9.17, 15) is 22.4 Å². The number of benzene rings is 1. The number of ether oxygens (including phenoxy) is 1. The van der Waals surface area contributed by atoms with E-state index in [1.54, 1.807) is 7.05 Å². The fourth-order valence-corrected chi connectivity index (χ4v) is 4.26. The summed E-state index contributed by atoms with van der Waals surface area (Å²) in [7, 11) is -2.30. The minimum absolute atomic E-state index is 0.103. The normalized spacial score (nSPS) is 23.0. The van der Waals surface area contributed by atoms with Gasteiger partial charge in [-0.1, -0.05) is 0 Å². The molecule has 10 heteroatoms. The summed E-state index contributed by atoms with van der Waals surface area (Å²) < 4.78 is 45.4. The quantitative estimate of drug-likeness (QED) is 0.813. The Balaban J connectivity index is 1.60. The van der Waals surface area contributed by atoms with Crippen LogP contribution in [0.1, 0.15) is 12.0 Å². The number of carbonyl (C=O) groups is 2. The molecule has 3 rings (SSSR count). The van der Waals surface area contributed by atoms with E-state index >= 15 is 0 Å². The summed E-state index contributed by atoms with van der Waals surface area (Å²) in [6.45, 7) is 2.06. The van der Waals surface area contributed by atoms with Gasteiger partial charge in [0.1, 0.15) is 5.82 Å². The van der Waals surface area contributed by atoms with Gasteiger partial charge in [-0.3, -0.25) is 4.79 Å². The molecule has 0 aromatic heterocycles. The molecule has 0 saturated carbocycles. The largest absolute Gasteiger partial charge is 0.439 e. The van der Waals surface area contributed by atoms with E-state index in [0.29, 0.717) is 19.5 Å². The molecule has 0 radical (unpaired) electrons. The van der Waals surface area contributed by atoms with Crippen LogP contribution >= 0.6 is 0 Å². The van der Waals surface area contributed by atoms with Gasteiger partial charge >= 0.3 is 6.09 Å². The van der Waals surface area contributed by atoms with Crippen molar-refractivity contribution in [2.24, 2.45) is 0 Å². The summed E-state index contributed by atoms with van der Waals surface area (Å²) in [6, 6.07) is 3.43. The van der Waals surface area contributed by atoms with Crippen LogP contribution in [0.4, 0.5) is 9.18 Å². The van der Waals surface area contributed by atoms with E-state index in [1.807, 2.05) is 0 Å². The molecule has 0 aliphatic carbocycles. The highest BCUT2D eigenvalue weighted by Gasteiger charge is 2.49. The smallest absolute Gasteiger partial charge is 0.410 e. The molecule has 2 saturated heterocycles. The van der Waals surface area contributed by atoms with Crippen molar-refractivity contribution in [3.63, 3.8) is 0 Å². The van der Waals surface area contributed by atoms with Gasteiger partial charge in [0.15, 0.2) is 5.60 Å². The summed E-state index contributed by atoms with van der Waals surface area (Å²) in [5, 5.41) is 0. The molecule has 1 N–H and O–H groups in total. The number of nitrogens with one attached hydrogen (secondary N) is 1. The van der Waals surface area contributed by atoms with Crippen LogP contribution in [0.25, 0.3) is 0 Å². The minimum atomic E-state index is -3.93. The Labute approximate surface area is 151 Å². The van der Waals surface area contributed by atoms with Crippen molar-refractivity contribution in [3.8, 4) is 0 Å². The van der Waals surface area contributed by atoms with Gasteiger partial charge in [-0.05, 0) is 30.7 Å². The summed E-state index contributed by atoms with van der Waals surface area (Å²) in [4.78, 5) is 26.7. The van der Waals surface area contributed by atoms with Crippen molar-refractivity contribution in [1.82, 2.24) is 14.5 Å². The first-order chi connectivity index (χ1) is 12.1. The lowest BCUT2D eigenvalue weighted by atomic mass is 10.0. The van der Waals surface area contributed by atoms with Crippen molar-refractivity contribution in [2.45, 2.75) is 23.8 Å². The second kappa shape index (κ2) is 6.51. The predicted molar refractivity (Wildman–Crippen MR) is 89.4 cm³/mol. The zero-order valence-electron chi connectivity index (χ0n) is 14.5. The summed E-state index contributed by atoms with van der Waals surface area (Å²) >= 11 is 0. The molecule has 2 aliphatic rings. The number of nitrogens with zero attached hydrogens (tertiary/aromatic N) is 2. The lowest BCUT2D eigenvalue weighted by molar-refractivity contribution is -0.129. The van der Waals surface area contributed by atoms with E-state index in [-0.39, 0.29) is 17.0 Å². The number of sulfonamides is 1. The summed E-state index contributed by atoms with van der Waals surface area (Å²) in [5.74, 6) is -0.909. The van der Waals surface area contributed by atoms with Gasteiger partial charge in [-0.15, -0.1) is 0 Å². The zero-order chi connectivity index (χ0) is 19.1. The number of carbonyl (C=O) groups excluding carboxylic acids is 2. The molecule has 8 nitrogen and oxygen atoms in total. The van der Waals surface area contributed by atoms with Gasteiger partial charge in [-0.2, -0.15) is 0 Å². The number of amides is 2. The number of likely N-dealkylation sites (tertiary alicyclic amines) is 1. The van der Waals surface area contributed by atoms with Crippen LogP contribution < -0.4 is 4.72 Å². The molecule has 1 aromatic carbocycles. The van der Waals surface area contributed by atoms with E-state index in [4.69, 9.17) is 4.74 Å². The first kappa shape index (κ1) is 18.6. The van der Waals surface area contributed by atoms with Crippen molar-refractivity contribution in [1.29, 1.82) is 0 Å². The first-order valence-electron chi connectivity index (χ1n) is 8.10. The van der Waals surface area contributed by atoms with Crippen LogP contribution in [0.5, 0.6) is 0 Å². The maximum atomic E-state index is 13.3.